The Morgan fingerprint density at radius 1 is 1.16 bits per heavy atom. The van der Waals surface area contributed by atoms with E-state index < -0.39 is 26.1 Å². The molecule has 2 aliphatic heterocycles. The summed E-state index contributed by atoms with van der Waals surface area (Å²) in [5.41, 5.74) is 1.38. The molecular formula is C20H22N4O5S2. The number of amidine groups is 1. The minimum absolute atomic E-state index is 0.0365. The molecule has 0 bridgehead atoms. The van der Waals surface area contributed by atoms with Gasteiger partial charge in [-0.1, -0.05) is 24.3 Å². The first-order chi connectivity index (χ1) is 14.7. The van der Waals surface area contributed by atoms with Crippen molar-refractivity contribution >= 4 is 31.8 Å². The number of benzene rings is 2. The van der Waals surface area contributed by atoms with Crippen LogP contribution in [-0.4, -0.2) is 52.6 Å². The lowest BCUT2D eigenvalue weighted by atomic mass is 10.1. The number of amides is 1. The van der Waals surface area contributed by atoms with Gasteiger partial charge < -0.3 is 10.2 Å². The van der Waals surface area contributed by atoms with Crippen molar-refractivity contribution < 1.29 is 21.6 Å². The zero-order chi connectivity index (χ0) is 22.2. The SMILES string of the molecule is NS(=O)(=O)c1ccc(CCNC(=O)[C@@H]2CCCN2C2=NS(=O)(=O)c3ccccc32)cc1. The van der Waals surface area contributed by atoms with Crippen molar-refractivity contribution in [3.63, 3.8) is 0 Å². The lowest BCUT2D eigenvalue weighted by Gasteiger charge is -2.25. The third-order valence-corrected chi connectivity index (χ3v) is 7.66. The highest BCUT2D eigenvalue weighted by atomic mass is 32.2. The van der Waals surface area contributed by atoms with E-state index in [-0.39, 0.29) is 15.7 Å². The molecule has 0 radical (unpaired) electrons. The Kier molecular flexibility index (Phi) is 5.58. The number of carbonyl (C=O) groups excluding carboxylic acids is 1. The number of hydrogen-bond donors (Lipinski definition) is 2. The largest absolute Gasteiger partial charge is 0.354 e. The molecule has 1 fully saturated rings. The van der Waals surface area contributed by atoms with Crippen molar-refractivity contribution in [2.75, 3.05) is 13.1 Å². The molecule has 2 aromatic rings. The second-order valence-electron chi connectivity index (χ2n) is 7.47. The standard InChI is InChI=1S/C20H22N4O5S2/c21-30(26,27)15-9-7-14(8-10-15)11-12-22-20(25)17-5-3-13-24(17)19-16-4-1-2-6-18(16)31(28,29)23-19/h1-2,4,6-10,17H,3,5,11-13H2,(H,22,25)(H2,21,26,27)/t17-/m0/s1. The molecule has 164 valence electrons. The fourth-order valence-electron chi connectivity index (χ4n) is 3.88. The maximum Gasteiger partial charge on any atom is 0.285 e. The Labute approximate surface area is 181 Å². The van der Waals surface area contributed by atoms with E-state index in [1.807, 2.05) is 0 Å². The first-order valence-corrected chi connectivity index (χ1v) is 12.8. The van der Waals surface area contributed by atoms with Crippen molar-refractivity contribution in [1.29, 1.82) is 0 Å². The van der Waals surface area contributed by atoms with Gasteiger partial charge in [0, 0.05) is 18.7 Å². The molecule has 2 heterocycles. The lowest BCUT2D eigenvalue weighted by Crippen LogP contribution is -2.46. The molecule has 3 N–H and O–H groups in total. The van der Waals surface area contributed by atoms with Crippen LogP contribution in [0.4, 0.5) is 0 Å². The van der Waals surface area contributed by atoms with E-state index in [1.165, 1.54) is 18.2 Å². The van der Waals surface area contributed by atoms with Crippen molar-refractivity contribution in [3.8, 4) is 0 Å². The van der Waals surface area contributed by atoms with Crippen LogP contribution in [-0.2, 0) is 31.3 Å². The fourth-order valence-corrected chi connectivity index (χ4v) is 5.61. The quantitative estimate of drug-likeness (QED) is 0.667. The number of fused-ring (bicyclic) bond motifs is 1. The molecule has 0 saturated carbocycles. The van der Waals surface area contributed by atoms with E-state index in [0.717, 1.165) is 12.0 Å². The Bertz CT molecular complexity index is 1250. The molecule has 2 aromatic carbocycles. The predicted molar refractivity (Wildman–Crippen MR) is 114 cm³/mol. The fraction of sp³-hybridized carbons (Fsp3) is 0.300. The number of carbonyl (C=O) groups is 1. The van der Waals surface area contributed by atoms with Crippen LogP contribution < -0.4 is 10.5 Å². The smallest absolute Gasteiger partial charge is 0.285 e. The van der Waals surface area contributed by atoms with Crippen molar-refractivity contribution in [1.82, 2.24) is 10.2 Å². The molecule has 11 heteroatoms. The molecule has 2 aliphatic rings. The number of sulfonamides is 2. The summed E-state index contributed by atoms with van der Waals surface area (Å²) >= 11 is 0. The number of likely N-dealkylation sites (tertiary alicyclic amines) is 1. The van der Waals surface area contributed by atoms with Crippen molar-refractivity contribution in [2.45, 2.75) is 35.1 Å². The van der Waals surface area contributed by atoms with Crippen LogP contribution in [0.5, 0.6) is 0 Å². The van der Waals surface area contributed by atoms with E-state index >= 15 is 0 Å². The summed E-state index contributed by atoms with van der Waals surface area (Å²) < 4.78 is 51.3. The zero-order valence-corrected chi connectivity index (χ0v) is 18.2. The summed E-state index contributed by atoms with van der Waals surface area (Å²) in [6.45, 7) is 0.912. The van der Waals surface area contributed by atoms with E-state index in [2.05, 4.69) is 9.71 Å². The number of rotatable bonds is 5. The summed E-state index contributed by atoms with van der Waals surface area (Å²) in [5, 5.41) is 7.98. The topological polar surface area (TPSA) is 139 Å². The van der Waals surface area contributed by atoms with Gasteiger partial charge >= 0.3 is 0 Å². The molecule has 0 aliphatic carbocycles. The summed E-state index contributed by atoms with van der Waals surface area (Å²) in [6.07, 6.45) is 1.88. The third kappa shape index (κ3) is 4.34. The Morgan fingerprint density at radius 3 is 2.58 bits per heavy atom. The highest BCUT2D eigenvalue weighted by Gasteiger charge is 2.39. The molecule has 0 spiro atoms. The van der Waals surface area contributed by atoms with Crippen LogP contribution in [0.15, 0.2) is 62.7 Å². The number of nitrogens with zero attached hydrogens (tertiary/aromatic N) is 2. The molecule has 1 saturated heterocycles. The van der Waals surface area contributed by atoms with E-state index in [1.54, 1.807) is 35.2 Å². The van der Waals surface area contributed by atoms with Gasteiger partial charge in [-0.15, -0.1) is 4.40 Å². The Morgan fingerprint density at radius 2 is 1.87 bits per heavy atom. The average Bonchev–Trinajstić information content (AvgIpc) is 3.31. The van der Waals surface area contributed by atoms with Gasteiger partial charge in [0.05, 0.1) is 4.90 Å². The number of hydrogen-bond acceptors (Lipinski definition) is 6. The van der Waals surface area contributed by atoms with Gasteiger partial charge in [0.15, 0.2) is 5.84 Å². The lowest BCUT2D eigenvalue weighted by molar-refractivity contribution is -0.124. The minimum Gasteiger partial charge on any atom is -0.354 e. The third-order valence-electron chi connectivity index (χ3n) is 5.40. The Hall–Kier alpha value is -2.76. The van der Waals surface area contributed by atoms with Gasteiger partial charge in [-0.3, -0.25) is 4.79 Å². The van der Waals surface area contributed by atoms with E-state index in [0.29, 0.717) is 37.3 Å². The highest BCUT2D eigenvalue weighted by molar-refractivity contribution is 7.90. The van der Waals surface area contributed by atoms with Gasteiger partial charge in [-0.2, -0.15) is 8.42 Å². The van der Waals surface area contributed by atoms with Crippen LogP contribution in [0.2, 0.25) is 0 Å². The minimum atomic E-state index is -3.75. The monoisotopic (exact) mass is 462 g/mol. The normalized spacial score (nSPS) is 19.7. The number of primary sulfonamides is 1. The second-order valence-corrected chi connectivity index (χ2v) is 10.6. The van der Waals surface area contributed by atoms with Crippen molar-refractivity contribution in [3.05, 3.63) is 59.7 Å². The van der Waals surface area contributed by atoms with Crippen molar-refractivity contribution in [2.24, 2.45) is 9.54 Å². The predicted octanol–water partition coefficient (Wildman–Crippen LogP) is 0.606. The zero-order valence-electron chi connectivity index (χ0n) is 16.6. The van der Waals surface area contributed by atoms with Crippen LogP contribution in [0, 0.1) is 0 Å². The molecule has 0 unspecified atom stereocenters. The van der Waals surface area contributed by atoms with Crippen LogP contribution in [0.25, 0.3) is 0 Å². The van der Waals surface area contributed by atoms with Gasteiger partial charge in [-0.25, -0.2) is 13.6 Å². The molecule has 0 aromatic heterocycles. The van der Waals surface area contributed by atoms with Crippen LogP contribution >= 0.6 is 0 Å². The highest BCUT2D eigenvalue weighted by Crippen LogP contribution is 2.31. The maximum atomic E-state index is 12.8. The van der Waals surface area contributed by atoms with Gasteiger partial charge in [-0.05, 0) is 49.1 Å². The summed E-state index contributed by atoms with van der Waals surface area (Å²) in [5.74, 6) is 0.134. The molecule has 1 amide bonds. The molecule has 31 heavy (non-hydrogen) atoms. The molecule has 4 rings (SSSR count). The summed E-state index contributed by atoms with van der Waals surface area (Å²) in [7, 11) is -7.48. The van der Waals surface area contributed by atoms with Crippen LogP contribution in [0.1, 0.15) is 24.0 Å². The molecule has 9 nitrogen and oxygen atoms in total. The first-order valence-electron chi connectivity index (χ1n) is 9.77. The Balaban J connectivity index is 1.41. The second kappa shape index (κ2) is 8.06. The van der Waals surface area contributed by atoms with E-state index in [4.69, 9.17) is 5.14 Å². The van der Waals surface area contributed by atoms with Gasteiger partial charge in [0.1, 0.15) is 10.9 Å². The maximum absolute atomic E-state index is 12.8. The average molecular weight is 463 g/mol. The molecule has 1 atom stereocenters. The molecular weight excluding hydrogens is 440 g/mol. The first kappa shape index (κ1) is 21.5. The summed E-state index contributed by atoms with van der Waals surface area (Å²) in [4.78, 5) is 14.8. The van der Waals surface area contributed by atoms with Gasteiger partial charge in [0.2, 0.25) is 15.9 Å². The number of nitrogens with two attached hydrogens (primary N) is 1. The van der Waals surface area contributed by atoms with Crippen LogP contribution in [0.3, 0.4) is 0 Å². The number of nitrogens with one attached hydrogen (secondary N) is 1. The summed E-state index contributed by atoms with van der Waals surface area (Å²) in [6, 6.07) is 12.3. The van der Waals surface area contributed by atoms with E-state index in [9.17, 15) is 21.6 Å². The van der Waals surface area contributed by atoms with Gasteiger partial charge in [0.25, 0.3) is 10.0 Å².